The molecule has 8 nitrogen and oxygen atoms in total. The number of hydrogen-bond donors (Lipinski definition) is 2. The van der Waals surface area contributed by atoms with E-state index in [0.29, 0.717) is 23.9 Å². The second-order valence-electron chi connectivity index (χ2n) is 4.75. The van der Waals surface area contributed by atoms with Crippen molar-refractivity contribution in [3.8, 4) is 0 Å². The summed E-state index contributed by atoms with van der Waals surface area (Å²) in [6, 6.07) is 5.37. The third-order valence-electron chi connectivity index (χ3n) is 2.98. The Morgan fingerprint density at radius 2 is 2.29 bits per heavy atom. The number of nitrogens with one attached hydrogen (secondary N) is 2. The van der Waals surface area contributed by atoms with Crippen molar-refractivity contribution in [3.05, 3.63) is 28.5 Å². The highest BCUT2D eigenvalue weighted by atomic mass is 79.9. The average Bonchev–Trinajstić information content (AvgIpc) is 3.13. The number of nitrogens with zero attached hydrogens (tertiary/aromatic N) is 5. The maximum absolute atomic E-state index is 12.2. The van der Waals surface area contributed by atoms with Gasteiger partial charge in [0.2, 0.25) is 0 Å². The Bertz CT molecular complexity index is 852. The zero-order valence-electron chi connectivity index (χ0n) is 12.4. The fraction of sp³-hybridized carbons (Fsp3) is 0.308. The number of alkyl halides is 1. The van der Waals surface area contributed by atoms with Gasteiger partial charge in [0.15, 0.2) is 11.0 Å². The summed E-state index contributed by atoms with van der Waals surface area (Å²) in [7, 11) is 0. The van der Waals surface area contributed by atoms with Crippen molar-refractivity contribution in [1.82, 2.24) is 30.5 Å². The van der Waals surface area contributed by atoms with Crippen LogP contribution in [0.4, 0.5) is 14.3 Å². The molecule has 0 unspecified atom stereocenters. The Morgan fingerprint density at radius 3 is 3.12 bits per heavy atom. The van der Waals surface area contributed by atoms with Crippen molar-refractivity contribution in [3.63, 3.8) is 0 Å². The molecule has 126 valence electrons. The van der Waals surface area contributed by atoms with Gasteiger partial charge in [-0.2, -0.15) is 4.80 Å². The van der Waals surface area contributed by atoms with Gasteiger partial charge in [0.1, 0.15) is 6.67 Å². The van der Waals surface area contributed by atoms with E-state index in [4.69, 9.17) is 0 Å². The topological polar surface area (TPSA) is 97.6 Å². The van der Waals surface area contributed by atoms with Crippen molar-refractivity contribution in [1.29, 1.82) is 0 Å². The van der Waals surface area contributed by atoms with Crippen molar-refractivity contribution in [2.75, 3.05) is 18.5 Å². The van der Waals surface area contributed by atoms with E-state index in [-0.39, 0.29) is 12.6 Å². The van der Waals surface area contributed by atoms with Crippen LogP contribution < -0.4 is 10.6 Å². The normalized spacial score (nSPS) is 10.9. The Morgan fingerprint density at radius 1 is 1.42 bits per heavy atom. The van der Waals surface area contributed by atoms with Gasteiger partial charge >= 0.3 is 6.03 Å². The monoisotopic (exact) mass is 413 g/mol. The molecular weight excluding hydrogens is 401 g/mol. The van der Waals surface area contributed by atoms with E-state index in [0.717, 1.165) is 14.7 Å². The SMILES string of the molecule is O=C(NCCc1nnn(CCF)n1)Nc1nc2ccc(Br)cc2s1. The van der Waals surface area contributed by atoms with Gasteiger partial charge in [-0.05, 0) is 23.4 Å². The molecule has 2 aromatic heterocycles. The van der Waals surface area contributed by atoms with Crippen LogP contribution in [0.1, 0.15) is 5.82 Å². The van der Waals surface area contributed by atoms with Crippen molar-refractivity contribution < 1.29 is 9.18 Å². The second kappa shape index (κ2) is 7.62. The molecule has 0 aliphatic rings. The van der Waals surface area contributed by atoms with Crippen LogP contribution in [0.25, 0.3) is 10.2 Å². The largest absolute Gasteiger partial charge is 0.337 e. The first-order chi connectivity index (χ1) is 11.6. The lowest BCUT2D eigenvalue weighted by Crippen LogP contribution is -2.30. The minimum absolute atomic E-state index is 0.0780. The van der Waals surface area contributed by atoms with E-state index in [1.165, 1.54) is 16.1 Å². The van der Waals surface area contributed by atoms with E-state index < -0.39 is 6.67 Å². The van der Waals surface area contributed by atoms with Gasteiger partial charge in [0.05, 0.1) is 16.8 Å². The number of carbonyl (C=O) groups excluding carboxylic acids is 1. The maximum atomic E-state index is 12.2. The summed E-state index contributed by atoms with van der Waals surface area (Å²) in [5.41, 5.74) is 0.826. The number of hydrogen-bond acceptors (Lipinski definition) is 6. The lowest BCUT2D eigenvalue weighted by Gasteiger charge is -2.03. The summed E-state index contributed by atoms with van der Waals surface area (Å²) in [6.07, 6.45) is 0.409. The Hall–Kier alpha value is -2.14. The molecule has 0 aliphatic heterocycles. The van der Waals surface area contributed by atoms with Crippen molar-refractivity contribution in [2.24, 2.45) is 0 Å². The average molecular weight is 414 g/mol. The van der Waals surface area contributed by atoms with E-state index in [2.05, 4.69) is 47.0 Å². The summed E-state index contributed by atoms with van der Waals surface area (Å²) >= 11 is 4.79. The van der Waals surface area contributed by atoms with E-state index in [1.54, 1.807) is 0 Å². The van der Waals surface area contributed by atoms with Gasteiger partial charge in [-0.3, -0.25) is 5.32 Å². The Kier molecular flexibility index (Phi) is 5.30. The van der Waals surface area contributed by atoms with Crippen LogP contribution in [-0.4, -0.2) is 44.4 Å². The smallest absolute Gasteiger partial charge is 0.321 e. The lowest BCUT2D eigenvalue weighted by molar-refractivity contribution is 0.252. The predicted octanol–water partition coefficient (Wildman–Crippen LogP) is 2.38. The molecule has 2 N–H and O–H groups in total. The van der Waals surface area contributed by atoms with Crippen LogP contribution in [0.3, 0.4) is 0 Å². The summed E-state index contributed by atoms with van der Waals surface area (Å²) < 4.78 is 14.1. The van der Waals surface area contributed by atoms with Crippen molar-refractivity contribution >= 4 is 48.6 Å². The quantitative estimate of drug-likeness (QED) is 0.646. The number of carbonyl (C=O) groups is 1. The Balaban J connectivity index is 1.49. The first-order valence-electron chi connectivity index (χ1n) is 7.07. The zero-order chi connectivity index (χ0) is 16.9. The van der Waals surface area contributed by atoms with E-state index in [1.807, 2.05) is 18.2 Å². The fourth-order valence-corrected chi connectivity index (χ4v) is 3.34. The summed E-state index contributed by atoms with van der Waals surface area (Å²) in [5, 5.41) is 17.4. The number of thiazole rings is 1. The van der Waals surface area contributed by atoms with E-state index >= 15 is 0 Å². The molecule has 0 spiro atoms. The van der Waals surface area contributed by atoms with Crippen molar-refractivity contribution in [2.45, 2.75) is 13.0 Å². The van der Waals surface area contributed by atoms with Gasteiger partial charge in [-0.1, -0.05) is 27.3 Å². The molecule has 3 aromatic rings. The number of aryl methyl sites for hydroxylation is 1. The number of amides is 2. The summed E-state index contributed by atoms with van der Waals surface area (Å²) in [6.45, 7) is -0.132. The molecule has 0 aliphatic carbocycles. The maximum Gasteiger partial charge on any atom is 0.321 e. The first-order valence-corrected chi connectivity index (χ1v) is 8.68. The van der Waals surface area contributed by atoms with Crippen LogP contribution in [0.2, 0.25) is 0 Å². The molecule has 24 heavy (non-hydrogen) atoms. The molecule has 0 atom stereocenters. The fourth-order valence-electron chi connectivity index (χ4n) is 1.93. The second-order valence-corrected chi connectivity index (χ2v) is 6.70. The predicted molar refractivity (Wildman–Crippen MR) is 91.8 cm³/mol. The highest BCUT2D eigenvalue weighted by Gasteiger charge is 2.08. The number of rotatable bonds is 6. The molecule has 0 bridgehead atoms. The number of tetrazole rings is 1. The van der Waals surface area contributed by atoms with Crippen LogP contribution >= 0.6 is 27.3 Å². The molecule has 0 radical (unpaired) electrons. The number of anilines is 1. The summed E-state index contributed by atoms with van der Waals surface area (Å²) in [5.74, 6) is 0.452. The van der Waals surface area contributed by atoms with Gasteiger partial charge in [-0.15, -0.1) is 10.2 Å². The number of benzene rings is 1. The third-order valence-corrected chi connectivity index (χ3v) is 4.41. The molecule has 1 aromatic carbocycles. The highest BCUT2D eigenvalue weighted by molar-refractivity contribution is 9.10. The van der Waals surface area contributed by atoms with Crippen LogP contribution in [0, 0.1) is 0 Å². The van der Waals surface area contributed by atoms with Gasteiger partial charge in [-0.25, -0.2) is 14.2 Å². The molecule has 0 saturated carbocycles. The molecule has 0 fully saturated rings. The van der Waals surface area contributed by atoms with Crippen LogP contribution in [-0.2, 0) is 13.0 Å². The molecular formula is C13H13BrFN7OS. The number of aromatic nitrogens is 5. The molecule has 0 saturated heterocycles. The minimum atomic E-state index is -0.546. The Labute approximate surface area is 148 Å². The minimum Gasteiger partial charge on any atom is -0.337 e. The molecule has 2 heterocycles. The number of urea groups is 1. The molecule has 11 heteroatoms. The third kappa shape index (κ3) is 4.23. The van der Waals surface area contributed by atoms with Gasteiger partial charge in [0.25, 0.3) is 0 Å². The highest BCUT2D eigenvalue weighted by Crippen LogP contribution is 2.28. The standard InChI is InChI=1S/C13H13BrFN7OS/c14-8-1-2-9-10(7-8)24-13(17-9)18-12(23)16-5-3-11-19-21-22(20-11)6-4-15/h1-2,7H,3-6H2,(H2,16,17,18,23). The lowest BCUT2D eigenvalue weighted by atomic mass is 10.3. The first kappa shape index (κ1) is 16.7. The van der Waals surface area contributed by atoms with Crippen LogP contribution in [0.5, 0.6) is 0 Å². The number of fused-ring (bicyclic) bond motifs is 1. The summed E-state index contributed by atoms with van der Waals surface area (Å²) in [4.78, 5) is 17.4. The zero-order valence-corrected chi connectivity index (χ0v) is 14.8. The van der Waals surface area contributed by atoms with Gasteiger partial charge < -0.3 is 5.32 Å². The molecule has 2 amide bonds. The molecule has 3 rings (SSSR count). The van der Waals surface area contributed by atoms with E-state index in [9.17, 15) is 9.18 Å². The number of halogens is 2. The van der Waals surface area contributed by atoms with Crippen LogP contribution in [0.15, 0.2) is 22.7 Å². The van der Waals surface area contributed by atoms with Gasteiger partial charge in [0, 0.05) is 17.4 Å².